The van der Waals surface area contributed by atoms with Crippen molar-refractivity contribution >= 4 is 34.1 Å². The molecule has 0 aliphatic heterocycles. The molecule has 0 aromatic carbocycles. The van der Waals surface area contributed by atoms with Crippen LogP contribution in [0.3, 0.4) is 0 Å². The topological polar surface area (TPSA) is 29.7 Å². The Morgan fingerprint density at radius 1 is 1.41 bits per heavy atom. The number of fused-ring (bicyclic) bond motifs is 1. The van der Waals surface area contributed by atoms with Crippen molar-refractivity contribution in [2.24, 2.45) is 4.99 Å². The van der Waals surface area contributed by atoms with E-state index in [-0.39, 0.29) is 0 Å². The van der Waals surface area contributed by atoms with Crippen LogP contribution in [0.5, 0.6) is 0 Å². The number of rotatable bonds is 2. The van der Waals surface area contributed by atoms with Crippen LogP contribution < -0.4 is 0 Å². The monoisotopic (exact) mass is 267 g/mol. The van der Waals surface area contributed by atoms with E-state index in [9.17, 15) is 0 Å². The number of hydrogen-bond donors (Lipinski definition) is 0. The summed E-state index contributed by atoms with van der Waals surface area (Å²) < 4.78 is 2.00. The minimum absolute atomic E-state index is 0.476. The fourth-order valence-corrected chi connectivity index (χ4v) is 3.29. The molecule has 1 aliphatic carbocycles. The number of imidazole rings is 1. The Bertz CT molecular complexity index is 537. The zero-order valence-corrected chi connectivity index (χ0v) is 11.0. The molecule has 90 valence electrons. The largest absolute Gasteiger partial charge is 0.288 e. The number of aliphatic imine (C=N–C) groups is 1. The van der Waals surface area contributed by atoms with Crippen LogP contribution >= 0.6 is 22.9 Å². The minimum atomic E-state index is 0.476. The molecule has 0 saturated heterocycles. The van der Waals surface area contributed by atoms with Crippen LogP contribution in [0.2, 0.25) is 5.15 Å². The van der Waals surface area contributed by atoms with Crippen LogP contribution in [-0.4, -0.2) is 21.6 Å². The Hall–Kier alpha value is -0.870. The predicted octanol–water partition coefficient (Wildman–Crippen LogP) is 3.80. The van der Waals surface area contributed by atoms with Crippen molar-refractivity contribution in [1.29, 1.82) is 0 Å². The number of aromatic nitrogens is 2. The average molecular weight is 268 g/mol. The molecule has 1 aliphatic rings. The fourth-order valence-electron chi connectivity index (χ4n) is 2.30. The van der Waals surface area contributed by atoms with Gasteiger partial charge < -0.3 is 0 Å². The van der Waals surface area contributed by atoms with Crippen LogP contribution in [-0.2, 0) is 0 Å². The van der Waals surface area contributed by atoms with Crippen molar-refractivity contribution in [3.05, 3.63) is 22.4 Å². The summed E-state index contributed by atoms with van der Waals surface area (Å²) in [6, 6.07) is 0.476. The molecule has 0 radical (unpaired) electrons. The van der Waals surface area contributed by atoms with Gasteiger partial charge in [-0.1, -0.05) is 30.9 Å². The molecule has 0 bridgehead atoms. The van der Waals surface area contributed by atoms with Crippen molar-refractivity contribution in [2.75, 3.05) is 0 Å². The maximum Gasteiger partial charge on any atom is 0.195 e. The Balaban J connectivity index is 1.85. The molecule has 0 atom stereocenters. The molecule has 17 heavy (non-hydrogen) atoms. The summed E-state index contributed by atoms with van der Waals surface area (Å²) in [4.78, 5) is 9.87. The first-order valence-electron chi connectivity index (χ1n) is 5.99. The smallest absolute Gasteiger partial charge is 0.195 e. The van der Waals surface area contributed by atoms with Gasteiger partial charge in [0, 0.05) is 17.8 Å². The van der Waals surface area contributed by atoms with Gasteiger partial charge in [0.1, 0.15) is 5.69 Å². The molecule has 5 heteroatoms. The van der Waals surface area contributed by atoms with Crippen LogP contribution in [0, 0.1) is 0 Å². The van der Waals surface area contributed by atoms with Crippen molar-refractivity contribution in [3.8, 4) is 0 Å². The molecule has 0 amide bonds. The first kappa shape index (κ1) is 11.2. The van der Waals surface area contributed by atoms with E-state index in [2.05, 4.69) is 9.98 Å². The predicted molar refractivity (Wildman–Crippen MR) is 72.5 cm³/mol. The lowest BCUT2D eigenvalue weighted by Gasteiger charge is -2.16. The maximum atomic E-state index is 6.11. The highest BCUT2D eigenvalue weighted by molar-refractivity contribution is 7.15. The summed E-state index contributed by atoms with van der Waals surface area (Å²) in [5.74, 6) is 0. The summed E-state index contributed by atoms with van der Waals surface area (Å²) in [5.41, 5.74) is 0.911. The lowest BCUT2D eigenvalue weighted by Crippen LogP contribution is -2.09. The van der Waals surface area contributed by atoms with E-state index >= 15 is 0 Å². The highest BCUT2D eigenvalue weighted by Crippen LogP contribution is 2.22. The second-order valence-electron chi connectivity index (χ2n) is 4.41. The minimum Gasteiger partial charge on any atom is -0.288 e. The number of thiazole rings is 1. The summed E-state index contributed by atoms with van der Waals surface area (Å²) >= 11 is 7.70. The Labute approximate surface area is 109 Å². The lowest BCUT2D eigenvalue weighted by molar-refractivity contribution is 0.444. The number of hydrogen-bond acceptors (Lipinski definition) is 3. The molecule has 1 saturated carbocycles. The zero-order chi connectivity index (χ0) is 11.7. The van der Waals surface area contributed by atoms with Crippen LogP contribution in [0.15, 0.2) is 16.6 Å². The number of halogens is 1. The van der Waals surface area contributed by atoms with Gasteiger partial charge in [0.2, 0.25) is 0 Å². The van der Waals surface area contributed by atoms with Crippen molar-refractivity contribution in [3.63, 3.8) is 0 Å². The van der Waals surface area contributed by atoms with Gasteiger partial charge in [-0.3, -0.25) is 9.39 Å². The molecule has 2 aromatic rings. The third-order valence-corrected chi connectivity index (χ3v) is 4.27. The van der Waals surface area contributed by atoms with Gasteiger partial charge in [0.15, 0.2) is 10.1 Å². The normalized spacial score (nSPS) is 18.4. The van der Waals surface area contributed by atoms with E-state index in [1.807, 2.05) is 22.2 Å². The molecule has 0 unspecified atom stereocenters. The van der Waals surface area contributed by atoms with E-state index in [0.717, 1.165) is 10.7 Å². The second-order valence-corrected chi connectivity index (χ2v) is 5.64. The third-order valence-electron chi connectivity index (χ3n) is 3.24. The van der Waals surface area contributed by atoms with E-state index in [0.29, 0.717) is 11.2 Å². The summed E-state index contributed by atoms with van der Waals surface area (Å²) in [5, 5.41) is 2.56. The quantitative estimate of drug-likeness (QED) is 0.761. The molecule has 2 aromatic heterocycles. The van der Waals surface area contributed by atoms with Gasteiger partial charge in [-0.05, 0) is 12.8 Å². The van der Waals surface area contributed by atoms with E-state index < -0.39 is 0 Å². The van der Waals surface area contributed by atoms with Crippen molar-refractivity contribution in [1.82, 2.24) is 9.38 Å². The second kappa shape index (κ2) is 4.78. The Morgan fingerprint density at radius 3 is 3.06 bits per heavy atom. The molecule has 2 heterocycles. The first-order chi connectivity index (χ1) is 8.34. The van der Waals surface area contributed by atoms with Gasteiger partial charge in [-0.25, -0.2) is 4.98 Å². The molecule has 0 spiro atoms. The Morgan fingerprint density at radius 2 is 2.24 bits per heavy atom. The van der Waals surface area contributed by atoms with Crippen molar-refractivity contribution in [2.45, 2.75) is 38.1 Å². The van der Waals surface area contributed by atoms with Crippen LogP contribution in [0.1, 0.15) is 37.8 Å². The number of nitrogens with zero attached hydrogens (tertiary/aromatic N) is 3. The average Bonchev–Trinajstić information content (AvgIpc) is 2.89. The van der Waals surface area contributed by atoms with Gasteiger partial charge in [-0.2, -0.15) is 0 Å². The highest BCUT2D eigenvalue weighted by Gasteiger charge is 2.13. The summed E-state index contributed by atoms with van der Waals surface area (Å²) in [6.07, 6.45) is 10.3. The first-order valence-corrected chi connectivity index (χ1v) is 7.24. The standard InChI is InChI=1S/C12H14ClN3S/c13-11-10(16-6-7-17-12(16)15-11)8-14-9-4-2-1-3-5-9/h6-9H,1-5H2. The zero-order valence-electron chi connectivity index (χ0n) is 9.47. The summed E-state index contributed by atoms with van der Waals surface area (Å²) in [7, 11) is 0. The van der Waals surface area contributed by atoms with Crippen LogP contribution in [0.25, 0.3) is 4.96 Å². The molecular formula is C12H14ClN3S. The van der Waals surface area contributed by atoms with Crippen LogP contribution in [0.4, 0.5) is 0 Å². The molecule has 0 N–H and O–H groups in total. The van der Waals surface area contributed by atoms with E-state index in [1.165, 1.54) is 32.1 Å². The van der Waals surface area contributed by atoms with Gasteiger partial charge >= 0.3 is 0 Å². The fraction of sp³-hybridized carbons (Fsp3) is 0.500. The van der Waals surface area contributed by atoms with Crippen molar-refractivity contribution < 1.29 is 0 Å². The SMILES string of the molecule is Clc1nc2sccn2c1C=NC1CCCCC1. The Kier molecular flexibility index (Phi) is 3.16. The third kappa shape index (κ3) is 2.24. The van der Waals surface area contributed by atoms with Gasteiger partial charge in [0.25, 0.3) is 0 Å². The lowest BCUT2D eigenvalue weighted by atomic mass is 9.96. The van der Waals surface area contributed by atoms with Gasteiger partial charge in [0.05, 0.1) is 6.04 Å². The summed E-state index contributed by atoms with van der Waals surface area (Å²) in [6.45, 7) is 0. The molecule has 3 nitrogen and oxygen atoms in total. The van der Waals surface area contributed by atoms with Gasteiger partial charge in [-0.15, -0.1) is 11.3 Å². The maximum absolute atomic E-state index is 6.11. The highest BCUT2D eigenvalue weighted by atomic mass is 35.5. The molecule has 3 rings (SSSR count). The molecule has 1 fully saturated rings. The van der Waals surface area contributed by atoms with E-state index in [4.69, 9.17) is 11.6 Å². The molecular weight excluding hydrogens is 254 g/mol. The van der Waals surface area contributed by atoms with E-state index in [1.54, 1.807) is 11.3 Å².